The van der Waals surface area contributed by atoms with Crippen LogP contribution in [0.3, 0.4) is 0 Å². The number of halogens is 4. The zero-order valence-corrected chi connectivity index (χ0v) is 15.6. The molecule has 1 aromatic heterocycles. The quantitative estimate of drug-likeness (QED) is 0.441. The number of nitrogens with zero attached hydrogens (tertiary/aromatic N) is 3. The highest BCUT2D eigenvalue weighted by Gasteiger charge is 2.32. The minimum Gasteiger partial charge on any atom is -1.00 e. The summed E-state index contributed by atoms with van der Waals surface area (Å²) in [4.78, 5) is 0. The third-order valence-electron chi connectivity index (χ3n) is 4.27. The first kappa shape index (κ1) is 22.1. The molecule has 3 rings (SSSR count). The van der Waals surface area contributed by atoms with Gasteiger partial charge in [0.2, 0.25) is 6.33 Å². The Morgan fingerprint density at radius 1 is 1.19 bits per heavy atom. The van der Waals surface area contributed by atoms with Crippen molar-refractivity contribution in [1.82, 2.24) is 9.78 Å². The molecule has 0 spiro atoms. The SMILES string of the molecule is Cc1cc(C)c(-n2c[n+]3c(n2)COCC3C(C)C)c(C)c1.FB(F)F.[F-]. The van der Waals surface area contributed by atoms with Crippen molar-refractivity contribution in [2.45, 2.75) is 47.3 Å². The molecule has 1 aromatic carbocycles. The summed E-state index contributed by atoms with van der Waals surface area (Å²) in [7, 11) is -3.67. The lowest BCUT2D eigenvalue weighted by atomic mass is 10.0. The van der Waals surface area contributed by atoms with Gasteiger partial charge in [0.05, 0.1) is 6.61 Å². The molecule has 0 bridgehead atoms. The van der Waals surface area contributed by atoms with Gasteiger partial charge in [-0.25, -0.2) is 4.57 Å². The predicted octanol–water partition coefficient (Wildman–Crippen LogP) is 0.696. The van der Waals surface area contributed by atoms with E-state index in [2.05, 4.69) is 57.6 Å². The summed E-state index contributed by atoms with van der Waals surface area (Å²) in [6.07, 6.45) is 2.13. The van der Waals surface area contributed by atoms with Crippen molar-refractivity contribution in [1.29, 1.82) is 0 Å². The zero-order valence-electron chi connectivity index (χ0n) is 15.6. The van der Waals surface area contributed by atoms with Crippen molar-refractivity contribution in [2.24, 2.45) is 5.92 Å². The van der Waals surface area contributed by atoms with Crippen molar-refractivity contribution < 1.29 is 27.0 Å². The lowest BCUT2D eigenvalue weighted by Gasteiger charge is -2.22. The van der Waals surface area contributed by atoms with Gasteiger partial charge in [0, 0.05) is 5.10 Å². The molecule has 1 atom stereocenters. The van der Waals surface area contributed by atoms with E-state index < -0.39 is 7.54 Å². The lowest BCUT2D eigenvalue weighted by Crippen LogP contribution is -3.00. The third-order valence-corrected chi connectivity index (χ3v) is 4.27. The number of fused-ring (bicyclic) bond motifs is 1. The molecule has 1 unspecified atom stereocenters. The maximum Gasteiger partial charge on any atom is 0.762 e. The van der Waals surface area contributed by atoms with Crippen LogP contribution >= 0.6 is 0 Å². The molecule has 0 amide bonds. The molecule has 0 saturated heterocycles. The Bertz CT molecular complexity index is 711. The molecule has 9 heteroatoms. The van der Waals surface area contributed by atoms with E-state index in [-0.39, 0.29) is 4.70 Å². The molecular weight excluding hydrogens is 349 g/mol. The first-order chi connectivity index (χ1) is 11.7. The monoisotopic (exact) mass is 373 g/mol. The Morgan fingerprint density at radius 2 is 1.73 bits per heavy atom. The number of hydrogen-bond acceptors (Lipinski definition) is 2. The third kappa shape index (κ3) is 5.06. The van der Waals surface area contributed by atoms with Gasteiger partial charge in [-0.2, -0.15) is 0 Å². The molecule has 1 aliphatic heterocycles. The van der Waals surface area contributed by atoms with Crippen molar-refractivity contribution in [3.63, 3.8) is 0 Å². The van der Waals surface area contributed by atoms with Gasteiger partial charge in [0.1, 0.15) is 18.3 Å². The van der Waals surface area contributed by atoms with Crippen LogP contribution in [-0.4, -0.2) is 23.9 Å². The summed E-state index contributed by atoms with van der Waals surface area (Å²) in [5.74, 6) is 1.55. The largest absolute Gasteiger partial charge is 1.00 e. The van der Waals surface area contributed by atoms with Crippen LogP contribution in [0.25, 0.3) is 5.69 Å². The second kappa shape index (κ2) is 9.16. The van der Waals surface area contributed by atoms with Gasteiger partial charge >= 0.3 is 13.4 Å². The topological polar surface area (TPSA) is 30.9 Å². The maximum atomic E-state index is 9.67. The summed E-state index contributed by atoms with van der Waals surface area (Å²) >= 11 is 0. The number of aryl methyl sites for hydroxylation is 3. The van der Waals surface area contributed by atoms with Crippen LogP contribution in [0.4, 0.5) is 12.9 Å². The number of ether oxygens (including phenoxy) is 1. The van der Waals surface area contributed by atoms with Crippen LogP contribution in [-0.2, 0) is 11.3 Å². The van der Waals surface area contributed by atoms with Gasteiger partial charge in [-0.05, 0) is 37.8 Å². The Balaban J connectivity index is 0.000000616. The van der Waals surface area contributed by atoms with Crippen molar-refractivity contribution in [2.75, 3.05) is 6.61 Å². The zero-order chi connectivity index (χ0) is 18.7. The molecule has 0 saturated carbocycles. The molecule has 26 heavy (non-hydrogen) atoms. The van der Waals surface area contributed by atoms with Gasteiger partial charge < -0.3 is 9.44 Å². The Kier molecular flexibility index (Phi) is 7.80. The smallest absolute Gasteiger partial charge is 0.762 e. The minimum absolute atomic E-state index is 0. The number of benzene rings is 1. The minimum atomic E-state index is -3.67. The second-order valence-corrected chi connectivity index (χ2v) is 6.70. The summed E-state index contributed by atoms with van der Waals surface area (Å²) < 4.78 is 39.0. The average molecular weight is 373 g/mol. The van der Waals surface area contributed by atoms with E-state index in [9.17, 15) is 12.9 Å². The van der Waals surface area contributed by atoms with E-state index in [0.29, 0.717) is 18.6 Å². The molecule has 144 valence electrons. The average Bonchev–Trinajstić information content (AvgIpc) is 2.88. The van der Waals surface area contributed by atoms with Gasteiger partial charge in [-0.15, -0.1) is 0 Å². The van der Waals surface area contributed by atoms with Crippen LogP contribution in [0, 0.1) is 26.7 Å². The molecule has 0 N–H and O–H groups in total. The summed E-state index contributed by atoms with van der Waals surface area (Å²) in [6.45, 7) is 12.3. The fourth-order valence-electron chi connectivity index (χ4n) is 3.27. The van der Waals surface area contributed by atoms with E-state index in [0.717, 1.165) is 12.4 Å². The maximum absolute atomic E-state index is 9.67. The van der Waals surface area contributed by atoms with E-state index in [1.54, 1.807) is 0 Å². The second-order valence-electron chi connectivity index (χ2n) is 6.70. The highest BCUT2D eigenvalue weighted by atomic mass is 19.4. The predicted molar refractivity (Wildman–Crippen MR) is 90.6 cm³/mol. The first-order valence-corrected chi connectivity index (χ1v) is 8.28. The molecule has 0 aliphatic carbocycles. The Labute approximate surface area is 151 Å². The van der Waals surface area contributed by atoms with Crippen LogP contribution in [0.1, 0.15) is 42.4 Å². The first-order valence-electron chi connectivity index (χ1n) is 8.28. The fourth-order valence-corrected chi connectivity index (χ4v) is 3.27. The summed E-state index contributed by atoms with van der Waals surface area (Å²) in [5, 5.41) is 4.76. The summed E-state index contributed by atoms with van der Waals surface area (Å²) in [6, 6.07) is 4.79. The number of hydrogen-bond donors (Lipinski definition) is 0. The number of aromatic nitrogens is 3. The molecule has 1 aliphatic rings. The number of rotatable bonds is 2. The van der Waals surface area contributed by atoms with E-state index in [1.165, 1.54) is 22.4 Å². The molecule has 0 fully saturated rings. The van der Waals surface area contributed by atoms with Gasteiger partial charge in [0.15, 0.2) is 0 Å². The van der Waals surface area contributed by atoms with Gasteiger partial charge in [-0.1, -0.05) is 36.2 Å². The van der Waals surface area contributed by atoms with Gasteiger partial charge in [0.25, 0.3) is 0 Å². The van der Waals surface area contributed by atoms with Crippen molar-refractivity contribution >= 4 is 7.54 Å². The van der Waals surface area contributed by atoms with Crippen LogP contribution in [0.5, 0.6) is 0 Å². The van der Waals surface area contributed by atoms with E-state index >= 15 is 0 Å². The Morgan fingerprint density at radius 3 is 2.23 bits per heavy atom. The van der Waals surface area contributed by atoms with Crippen LogP contribution in [0.15, 0.2) is 18.5 Å². The lowest BCUT2D eigenvalue weighted by molar-refractivity contribution is -0.749. The summed E-state index contributed by atoms with van der Waals surface area (Å²) in [5.41, 5.74) is 5.00. The standard InChI is InChI=1S/C17H24N3O.BF3.FH/c1-11(2)15-8-21-9-16-18-20(10-19(15)16)17-13(4)6-12(3)7-14(17)5;2-1(3)4;/h6-7,10-11,15H,8-9H2,1-5H3;;1H/q+1;;/p-1. The molecule has 4 nitrogen and oxygen atoms in total. The van der Waals surface area contributed by atoms with Crippen LogP contribution in [0.2, 0.25) is 0 Å². The van der Waals surface area contributed by atoms with Crippen molar-refractivity contribution in [3.8, 4) is 5.69 Å². The molecule has 0 radical (unpaired) electrons. The normalized spacial score (nSPS) is 15.7. The van der Waals surface area contributed by atoms with Crippen molar-refractivity contribution in [3.05, 3.63) is 41.0 Å². The van der Waals surface area contributed by atoms with E-state index in [4.69, 9.17) is 9.84 Å². The Hall–Kier alpha value is -1.90. The highest BCUT2D eigenvalue weighted by molar-refractivity contribution is 6.33. The highest BCUT2D eigenvalue weighted by Crippen LogP contribution is 2.22. The molecule has 2 aromatic rings. The van der Waals surface area contributed by atoms with Gasteiger partial charge in [-0.3, -0.25) is 12.9 Å². The van der Waals surface area contributed by atoms with E-state index in [1.807, 2.05) is 4.68 Å². The van der Waals surface area contributed by atoms with Crippen LogP contribution < -0.4 is 9.27 Å². The fraction of sp³-hybridized carbons (Fsp3) is 0.529. The molecular formula is C17H24BF4N3O. The molecule has 2 heterocycles.